The molecule has 3 aromatic carbocycles. The average Bonchev–Trinajstić information content (AvgIpc) is 3.42. The van der Waals surface area contributed by atoms with E-state index in [1.165, 1.54) is 0 Å². The van der Waals surface area contributed by atoms with Crippen LogP contribution in [-0.2, 0) is 6.54 Å². The molecule has 0 spiro atoms. The summed E-state index contributed by atoms with van der Waals surface area (Å²) in [6, 6.07) is 27.6. The van der Waals surface area contributed by atoms with E-state index in [0.29, 0.717) is 17.7 Å². The van der Waals surface area contributed by atoms with E-state index < -0.39 is 12.1 Å². The first-order valence-corrected chi connectivity index (χ1v) is 8.74. The minimum absolute atomic E-state index is 0.0100. The van der Waals surface area contributed by atoms with Crippen LogP contribution >= 0.6 is 0 Å². The van der Waals surface area contributed by atoms with Crippen molar-refractivity contribution in [2.45, 2.75) is 18.6 Å². The first kappa shape index (κ1) is 16.4. The molecule has 1 saturated heterocycles. The van der Waals surface area contributed by atoms with E-state index in [4.69, 9.17) is 0 Å². The highest BCUT2D eigenvalue weighted by molar-refractivity contribution is 6.12. The molecule has 3 nitrogen and oxygen atoms in total. The van der Waals surface area contributed by atoms with Gasteiger partial charge in [-0.05, 0) is 5.56 Å². The van der Waals surface area contributed by atoms with Gasteiger partial charge in [-0.3, -0.25) is 14.5 Å². The molecule has 3 heteroatoms. The van der Waals surface area contributed by atoms with E-state index >= 15 is 0 Å². The summed E-state index contributed by atoms with van der Waals surface area (Å²) >= 11 is 0. The second-order valence-corrected chi connectivity index (χ2v) is 6.51. The Labute approximate surface area is 152 Å². The second-order valence-electron chi connectivity index (χ2n) is 6.51. The third kappa shape index (κ3) is 3.22. The maximum absolute atomic E-state index is 13.0. The van der Waals surface area contributed by atoms with E-state index in [1.807, 2.05) is 95.9 Å². The van der Waals surface area contributed by atoms with Crippen molar-refractivity contribution in [1.82, 2.24) is 4.90 Å². The summed E-state index contributed by atoms with van der Waals surface area (Å²) in [7, 11) is 0. The number of hydrogen-bond donors (Lipinski definition) is 0. The van der Waals surface area contributed by atoms with Gasteiger partial charge in [0.2, 0.25) is 0 Å². The lowest BCUT2D eigenvalue weighted by Gasteiger charge is -2.04. The van der Waals surface area contributed by atoms with Crippen molar-refractivity contribution < 1.29 is 9.59 Å². The van der Waals surface area contributed by atoms with Crippen molar-refractivity contribution in [3.05, 3.63) is 108 Å². The predicted molar refractivity (Wildman–Crippen MR) is 101 cm³/mol. The summed E-state index contributed by atoms with van der Waals surface area (Å²) in [5.41, 5.74) is 2.40. The number of benzene rings is 3. The van der Waals surface area contributed by atoms with Gasteiger partial charge in [0.1, 0.15) is 0 Å². The standard InChI is InChI=1S/C23H19NO2/c25-22(18-12-6-2-7-13-18)20-21(23(26)19-14-8-3-9-15-19)24(20)16-17-10-4-1-5-11-17/h1-15,20-21H,16H2/t20-,21-/m0/s1. The zero-order chi connectivity index (χ0) is 17.9. The van der Waals surface area contributed by atoms with E-state index in [1.54, 1.807) is 0 Å². The van der Waals surface area contributed by atoms with Gasteiger partial charge >= 0.3 is 0 Å². The zero-order valence-corrected chi connectivity index (χ0v) is 14.3. The third-order valence-electron chi connectivity index (χ3n) is 4.79. The Bertz CT molecular complexity index is 849. The van der Waals surface area contributed by atoms with Crippen LogP contribution in [0.4, 0.5) is 0 Å². The highest BCUT2D eigenvalue weighted by Gasteiger charge is 2.56. The first-order valence-electron chi connectivity index (χ1n) is 8.74. The van der Waals surface area contributed by atoms with Gasteiger partial charge in [0.05, 0.1) is 12.1 Å². The number of nitrogens with zero attached hydrogens (tertiary/aromatic N) is 1. The molecule has 0 bridgehead atoms. The SMILES string of the molecule is O=C(c1ccccc1)[C@@H]1[C@@H](C(=O)c2ccccc2)N1Cc1ccccc1. The molecule has 1 aliphatic heterocycles. The van der Waals surface area contributed by atoms with Gasteiger partial charge in [0.25, 0.3) is 0 Å². The van der Waals surface area contributed by atoms with Crippen molar-refractivity contribution in [2.24, 2.45) is 0 Å². The topological polar surface area (TPSA) is 37.1 Å². The molecule has 2 atom stereocenters. The quantitative estimate of drug-likeness (QED) is 0.502. The van der Waals surface area contributed by atoms with Gasteiger partial charge in [0.15, 0.2) is 11.6 Å². The second kappa shape index (κ2) is 7.06. The Morgan fingerprint density at radius 3 is 1.42 bits per heavy atom. The number of ketones is 2. The molecule has 0 radical (unpaired) electrons. The van der Waals surface area contributed by atoms with Gasteiger partial charge < -0.3 is 0 Å². The summed E-state index contributed by atoms with van der Waals surface area (Å²) in [5, 5.41) is 0. The minimum atomic E-state index is -0.398. The Balaban J connectivity index is 1.61. The number of carbonyl (C=O) groups is 2. The fraction of sp³-hybridized carbons (Fsp3) is 0.130. The van der Waals surface area contributed by atoms with Crippen LogP contribution in [0.25, 0.3) is 0 Å². The zero-order valence-electron chi connectivity index (χ0n) is 14.3. The van der Waals surface area contributed by atoms with E-state index in [-0.39, 0.29) is 11.6 Å². The highest BCUT2D eigenvalue weighted by Crippen LogP contribution is 2.35. The minimum Gasteiger partial charge on any atom is -0.292 e. The maximum Gasteiger partial charge on any atom is 0.182 e. The van der Waals surface area contributed by atoms with Crippen LogP contribution in [0.15, 0.2) is 91.0 Å². The van der Waals surface area contributed by atoms with E-state index in [2.05, 4.69) is 0 Å². The molecule has 26 heavy (non-hydrogen) atoms. The lowest BCUT2D eigenvalue weighted by Crippen LogP contribution is -2.16. The fourth-order valence-corrected chi connectivity index (χ4v) is 3.40. The smallest absolute Gasteiger partial charge is 0.182 e. The number of Topliss-reactive ketones (excluding diaryl/α,β-unsaturated/α-hetero) is 2. The van der Waals surface area contributed by atoms with Gasteiger partial charge in [-0.15, -0.1) is 0 Å². The molecule has 3 aromatic rings. The number of hydrogen-bond acceptors (Lipinski definition) is 3. The van der Waals surface area contributed by atoms with Crippen molar-refractivity contribution in [3.8, 4) is 0 Å². The van der Waals surface area contributed by atoms with Gasteiger partial charge in [-0.1, -0.05) is 91.0 Å². The normalized spacial score (nSPS) is 21.2. The van der Waals surface area contributed by atoms with Crippen LogP contribution in [0.1, 0.15) is 26.3 Å². The molecule has 1 heterocycles. The lowest BCUT2D eigenvalue weighted by molar-refractivity contribution is 0.0948. The van der Waals surface area contributed by atoms with Crippen molar-refractivity contribution in [1.29, 1.82) is 0 Å². The van der Waals surface area contributed by atoms with Crippen molar-refractivity contribution in [3.63, 3.8) is 0 Å². The van der Waals surface area contributed by atoms with Gasteiger partial charge in [-0.25, -0.2) is 0 Å². The monoisotopic (exact) mass is 341 g/mol. The summed E-state index contributed by atoms with van der Waals surface area (Å²) in [5.74, 6) is 0.0200. The highest BCUT2D eigenvalue weighted by atomic mass is 16.1. The van der Waals surface area contributed by atoms with Gasteiger partial charge in [-0.2, -0.15) is 0 Å². The summed E-state index contributed by atoms with van der Waals surface area (Å²) < 4.78 is 0. The molecule has 4 rings (SSSR count). The Morgan fingerprint density at radius 2 is 1.00 bits per heavy atom. The molecule has 0 aliphatic carbocycles. The van der Waals surface area contributed by atoms with Crippen molar-refractivity contribution >= 4 is 11.6 Å². The molecule has 128 valence electrons. The molecule has 0 saturated carbocycles. The molecule has 1 aliphatic rings. The number of carbonyl (C=O) groups excluding carboxylic acids is 2. The Morgan fingerprint density at radius 1 is 0.615 bits per heavy atom. The number of rotatable bonds is 6. The van der Waals surface area contributed by atoms with Crippen LogP contribution < -0.4 is 0 Å². The summed E-state index contributed by atoms with van der Waals surface area (Å²) in [6.45, 7) is 0.591. The summed E-state index contributed by atoms with van der Waals surface area (Å²) in [6.07, 6.45) is 0. The van der Waals surface area contributed by atoms with Gasteiger partial charge in [0, 0.05) is 17.7 Å². The fourth-order valence-electron chi connectivity index (χ4n) is 3.40. The Hall–Kier alpha value is -3.04. The first-order chi connectivity index (χ1) is 12.8. The largest absolute Gasteiger partial charge is 0.292 e. The van der Waals surface area contributed by atoms with Crippen LogP contribution in [0, 0.1) is 0 Å². The summed E-state index contributed by atoms with van der Waals surface area (Å²) in [4.78, 5) is 27.9. The molecular formula is C23H19NO2. The molecule has 0 aromatic heterocycles. The van der Waals surface area contributed by atoms with E-state index in [9.17, 15) is 9.59 Å². The van der Waals surface area contributed by atoms with Crippen LogP contribution in [0.3, 0.4) is 0 Å². The molecule has 0 unspecified atom stereocenters. The third-order valence-corrected chi connectivity index (χ3v) is 4.79. The molecule has 1 fully saturated rings. The van der Waals surface area contributed by atoms with Crippen LogP contribution in [0.2, 0.25) is 0 Å². The Kier molecular flexibility index (Phi) is 4.46. The molecular weight excluding hydrogens is 322 g/mol. The van der Waals surface area contributed by atoms with Crippen LogP contribution in [-0.4, -0.2) is 28.6 Å². The van der Waals surface area contributed by atoms with Crippen LogP contribution in [0.5, 0.6) is 0 Å². The molecule has 0 amide bonds. The predicted octanol–water partition coefficient (Wildman–Crippen LogP) is 4.01. The van der Waals surface area contributed by atoms with Crippen molar-refractivity contribution in [2.75, 3.05) is 0 Å². The van der Waals surface area contributed by atoms with E-state index in [0.717, 1.165) is 5.56 Å². The average molecular weight is 341 g/mol. The molecule has 0 N–H and O–H groups in total. The lowest BCUT2D eigenvalue weighted by atomic mass is 10.0. The maximum atomic E-state index is 13.0.